The summed E-state index contributed by atoms with van der Waals surface area (Å²) < 4.78 is 4.63. The largest absolute Gasteiger partial charge is 0.477 e. The summed E-state index contributed by atoms with van der Waals surface area (Å²) in [6.07, 6.45) is 0. The molecule has 0 amide bonds. The second-order valence-electron chi connectivity index (χ2n) is 3.66. The molecule has 0 bridgehead atoms. The summed E-state index contributed by atoms with van der Waals surface area (Å²) in [5.74, 6) is -2.98. The number of nitrogens with one attached hydrogen (secondary N) is 1. The molecular weight excluding hydrogens is 306 g/mol. The van der Waals surface area contributed by atoms with E-state index in [0.717, 1.165) is 0 Å². The molecule has 0 aromatic carbocycles. The number of aromatic nitrogens is 2. The Morgan fingerprint density at radius 1 is 1.52 bits per heavy atom. The van der Waals surface area contributed by atoms with Crippen LogP contribution >= 0.6 is 11.3 Å². The number of esters is 1. The highest BCUT2D eigenvalue weighted by Gasteiger charge is 2.29. The lowest BCUT2D eigenvalue weighted by atomic mass is 10.3. The molecule has 0 radical (unpaired) electrons. The predicted octanol–water partition coefficient (Wildman–Crippen LogP) is 0.768. The molecule has 0 aliphatic rings. The molecule has 2 aromatic heterocycles. The van der Waals surface area contributed by atoms with E-state index in [4.69, 9.17) is 5.11 Å². The second kappa shape index (κ2) is 5.28. The van der Waals surface area contributed by atoms with Gasteiger partial charge < -0.3 is 14.8 Å². The average molecular weight is 313 g/mol. The molecular formula is C10H7N3O7S. The topological polar surface area (TPSA) is 152 Å². The fraction of sp³-hybridized carbons (Fsp3) is 0.200. The Hall–Kier alpha value is -2.82. The van der Waals surface area contributed by atoms with Crippen molar-refractivity contribution in [2.45, 2.75) is 6.92 Å². The Bertz CT molecular complexity index is 822. The van der Waals surface area contributed by atoms with Gasteiger partial charge in [0.2, 0.25) is 5.82 Å². The number of H-pyrrole nitrogens is 1. The van der Waals surface area contributed by atoms with Gasteiger partial charge in [-0.1, -0.05) is 11.3 Å². The van der Waals surface area contributed by atoms with Crippen molar-refractivity contribution in [1.29, 1.82) is 0 Å². The van der Waals surface area contributed by atoms with Crippen molar-refractivity contribution in [3.8, 4) is 0 Å². The van der Waals surface area contributed by atoms with E-state index in [2.05, 4.69) is 14.7 Å². The van der Waals surface area contributed by atoms with Gasteiger partial charge in [0.25, 0.3) is 5.56 Å². The summed E-state index contributed by atoms with van der Waals surface area (Å²) in [4.78, 5) is 49.7. The third-order valence-corrected chi connectivity index (χ3v) is 3.50. The van der Waals surface area contributed by atoms with Crippen LogP contribution in [-0.2, 0) is 4.74 Å². The van der Waals surface area contributed by atoms with Gasteiger partial charge in [-0.3, -0.25) is 14.9 Å². The number of hydrogen-bond acceptors (Lipinski definition) is 8. The first-order valence-electron chi connectivity index (χ1n) is 5.48. The van der Waals surface area contributed by atoms with Crippen LogP contribution < -0.4 is 5.56 Å². The summed E-state index contributed by atoms with van der Waals surface area (Å²) in [5, 5.41) is 18.8. The maximum Gasteiger partial charge on any atom is 0.374 e. The van der Waals surface area contributed by atoms with Gasteiger partial charge in [-0.15, -0.1) is 0 Å². The van der Waals surface area contributed by atoms with Crippen molar-refractivity contribution in [3.63, 3.8) is 0 Å². The Morgan fingerprint density at radius 3 is 2.71 bits per heavy atom. The van der Waals surface area contributed by atoms with Crippen molar-refractivity contribution in [3.05, 3.63) is 31.2 Å². The van der Waals surface area contributed by atoms with E-state index in [1.54, 1.807) is 0 Å². The Labute approximate surface area is 119 Å². The van der Waals surface area contributed by atoms with E-state index in [1.807, 2.05) is 0 Å². The zero-order chi connectivity index (χ0) is 15.7. The number of carbonyl (C=O) groups excluding carboxylic acids is 1. The minimum atomic E-state index is -1.49. The van der Waals surface area contributed by atoms with Crippen LogP contribution in [0.1, 0.15) is 27.2 Å². The Morgan fingerprint density at radius 2 is 2.19 bits per heavy atom. The van der Waals surface area contributed by atoms with Crippen LogP contribution in [0.5, 0.6) is 0 Å². The van der Waals surface area contributed by atoms with Crippen LogP contribution in [-0.4, -0.2) is 38.5 Å². The number of carbonyl (C=O) groups is 2. The molecule has 0 fully saturated rings. The van der Waals surface area contributed by atoms with Gasteiger partial charge in [0.15, 0.2) is 5.52 Å². The van der Waals surface area contributed by atoms with E-state index in [1.165, 1.54) is 6.92 Å². The van der Waals surface area contributed by atoms with Gasteiger partial charge in [0.05, 0.1) is 16.9 Å². The Balaban J connectivity index is 2.82. The summed E-state index contributed by atoms with van der Waals surface area (Å²) in [7, 11) is 0. The third kappa shape index (κ3) is 2.45. The molecule has 0 saturated carbocycles. The molecule has 2 rings (SSSR count). The maximum absolute atomic E-state index is 11.9. The van der Waals surface area contributed by atoms with Gasteiger partial charge in [0.1, 0.15) is 4.88 Å². The van der Waals surface area contributed by atoms with Crippen LogP contribution in [0.4, 0.5) is 5.00 Å². The standard InChI is InChI=1S/C10H7N3O7S/c1-2-20-10(17)6-11-4-3(7(14)12-6)5(9(15)16)21-8(4)13(18)19/h2H2,1H3,(H,15,16)(H,11,12,14). The van der Waals surface area contributed by atoms with Crippen molar-refractivity contribution < 1.29 is 24.4 Å². The molecule has 110 valence electrons. The van der Waals surface area contributed by atoms with Crippen LogP contribution in [0.15, 0.2) is 4.79 Å². The molecule has 0 atom stereocenters. The minimum absolute atomic E-state index is 0.0205. The zero-order valence-electron chi connectivity index (χ0n) is 10.4. The molecule has 10 nitrogen and oxygen atoms in total. The molecule has 0 aliphatic carbocycles. The van der Waals surface area contributed by atoms with Gasteiger partial charge >= 0.3 is 16.9 Å². The van der Waals surface area contributed by atoms with Crippen LogP contribution in [0, 0.1) is 10.1 Å². The monoisotopic (exact) mass is 313 g/mol. The molecule has 2 heterocycles. The van der Waals surface area contributed by atoms with E-state index >= 15 is 0 Å². The highest BCUT2D eigenvalue weighted by molar-refractivity contribution is 7.19. The SMILES string of the molecule is CCOC(=O)c1nc2c([N+](=O)[O-])sc(C(=O)O)c2c(=O)[nH]1. The molecule has 0 spiro atoms. The number of aromatic amines is 1. The van der Waals surface area contributed by atoms with Crippen molar-refractivity contribution in [1.82, 2.24) is 9.97 Å². The molecule has 0 unspecified atom stereocenters. The number of thiophene rings is 1. The zero-order valence-corrected chi connectivity index (χ0v) is 11.2. The molecule has 21 heavy (non-hydrogen) atoms. The van der Waals surface area contributed by atoms with Crippen molar-refractivity contribution in [2.75, 3.05) is 6.61 Å². The van der Waals surface area contributed by atoms with E-state index in [-0.39, 0.29) is 6.61 Å². The highest BCUT2D eigenvalue weighted by Crippen LogP contribution is 2.34. The number of ether oxygens (including phenoxy) is 1. The summed E-state index contributed by atoms with van der Waals surface area (Å²) in [6, 6.07) is 0. The number of hydrogen-bond donors (Lipinski definition) is 2. The molecule has 0 saturated heterocycles. The molecule has 11 heteroatoms. The fourth-order valence-electron chi connectivity index (χ4n) is 1.61. The first kappa shape index (κ1) is 14.6. The molecule has 2 N–H and O–H groups in total. The lowest BCUT2D eigenvalue weighted by Gasteiger charge is -2.00. The van der Waals surface area contributed by atoms with E-state index in [0.29, 0.717) is 11.3 Å². The van der Waals surface area contributed by atoms with Gasteiger partial charge in [-0.2, -0.15) is 0 Å². The number of fused-ring (bicyclic) bond motifs is 1. The van der Waals surface area contributed by atoms with E-state index in [9.17, 15) is 24.5 Å². The maximum atomic E-state index is 11.9. The van der Waals surface area contributed by atoms with E-state index < -0.39 is 49.0 Å². The van der Waals surface area contributed by atoms with Crippen LogP contribution in [0.25, 0.3) is 10.9 Å². The van der Waals surface area contributed by atoms with Gasteiger partial charge in [0, 0.05) is 0 Å². The quantitative estimate of drug-likeness (QED) is 0.476. The highest BCUT2D eigenvalue weighted by atomic mass is 32.1. The van der Waals surface area contributed by atoms with Crippen LogP contribution in [0.3, 0.4) is 0 Å². The number of rotatable bonds is 4. The lowest BCUT2D eigenvalue weighted by molar-refractivity contribution is -0.378. The molecule has 0 aliphatic heterocycles. The number of carboxylic acid groups (broad SMARTS) is 1. The minimum Gasteiger partial charge on any atom is -0.477 e. The second-order valence-corrected chi connectivity index (χ2v) is 4.66. The summed E-state index contributed by atoms with van der Waals surface area (Å²) in [5.41, 5.74) is -1.40. The first-order valence-corrected chi connectivity index (χ1v) is 6.30. The fourth-order valence-corrected chi connectivity index (χ4v) is 2.50. The number of carboxylic acids is 1. The smallest absolute Gasteiger partial charge is 0.374 e. The van der Waals surface area contributed by atoms with Gasteiger partial charge in [-0.25, -0.2) is 14.6 Å². The van der Waals surface area contributed by atoms with Crippen LogP contribution in [0.2, 0.25) is 0 Å². The van der Waals surface area contributed by atoms with Gasteiger partial charge in [-0.05, 0) is 6.92 Å². The number of nitrogens with zero attached hydrogens (tertiary/aromatic N) is 2. The third-order valence-electron chi connectivity index (χ3n) is 2.38. The summed E-state index contributed by atoms with van der Waals surface area (Å²) in [6.45, 7) is 1.55. The summed E-state index contributed by atoms with van der Waals surface area (Å²) >= 11 is 0.304. The Kier molecular flexibility index (Phi) is 3.67. The first-order chi connectivity index (χ1) is 9.86. The van der Waals surface area contributed by atoms with Crippen molar-refractivity contribution >= 4 is 39.2 Å². The van der Waals surface area contributed by atoms with Crippen molar-refractivity contribution in [2.24, 2.45) is 0 Å². The normalized spacial score (nSPS) is 10.5. The lowest BCUT2D eigenvalue weighted by Crippen LogP contribution is -2.18. The molecule has 2 aromatic rings. The number of aromatic carboxylic acids is 1. The number of nitro groups is 1. The predicted molar refractivity (Wildman–Crippen MR) is 69.8 cm³/mol. The average Bonchev–Trinajstić information content (AvgIpc) is 2.79.